The van der Waals surface area contributed by atoms with Crippen LogP contribution >= 0.6 is 0 Å². The number of fused-ring (bicyclic) bond motifs is 6. The molecule has 0 spiro atoms. The van der Waals surface area contributed by atoms with Crippen LogP contribution < -0.4 is 4.90 Å². The van der Waals surface area contributed by atoms with Crippen molar-refractivity contribution in [3.63, 3.8) is 0 Å². The highest BCUT2D eigenvalue weighted by molar-refractivity contribution is 6.14. The molecule has 244 valence electrons. The monoisotopic (exact) mass is 661 g/mol. The Kier molecular flexibility index (Phi) is 7.11. The van der Waals surface area contributed by atoms with E-state index in [-0.39, 0.29) is 0 Å². The maximum atomic E-state index is 2.48. The molecule has 0 aromatic heterocycles. The summed E-state index contributed by atoms with van der Waals surface area (Å²) in [7, 11) is 0. The van der Waals surface area contributed by atoms with Crippen LogP contribution in [0.3, 0.4) is 0 Å². The summed E-state index contributed by atoms with van der Waals surface area (Å²) in [6.45, 7) is 0. The molecule has 0 bridgehead atoms. The van der Waals surface area contributed by atoms with Crippen molar-refractivity contribution in [1.82, 2.24) is 0 Å². The molecule has 1 aliphatic carbocycles. The van der Waals surface area contributed by atoms with Gasteiger partial charge in [-0.15, -0.1) is 0 Å². The number of anilines is 3. The molecule has 0 heterocycles. The summed E-state index contributed by atoms with van der Waals surface area (Å²) in [4.78, 5) is 2.48. The average Bonchev–Trinajstić information content (AvgIpc) is 3.52. The molecule has 0 amide bonds. The summed E-state index contributed by atoms with van der Waals surface area (Å²) < 4.78 is 0. The second kappa shape index (κ2) is 12.3. The topological polar surface area (TPSA) is 3.24 Å². The molecule has 0 N–H and O–H groups in total. The van der Waals surface area contributed by atoms with Crippen molar-refractivity contribution in [2.45, 2.75) is 5.41 Å². The van der Waals surface area contributed by atoms with Crippen LogP contribution in [0.1, 0.15) is 22.3 Å². The Morgan fingerprint density at radius 3 is 1.63 bits per heavy atom. The second-order valence-electron chi connectivity index (χ2n) is 13.7. The summed E-state index contributed by atoms with van der Waals surface area (Å²) in [5.41, 5.74) is 13.0. The summed E-state index contributed by atoms with van der Waals surface area (Å²) >= 11 is 0. The average molecular weight is 662 g/mol. The summed E-state index contributed by atoms with van der Waals surface area (Å²) in [5, 5.41) is 4.94. The van der Waals surface area contributed by atoms with E-state index < -0.39 is 5.41 Å². The smallest absolute Gasteiger partial charge is 0.0714 e. The minimum atomic E-state index is -0.493. The van der Waals surface area contributed by atoms with Crippen LogP contribution in [0.2, 0.25) is 0 Å². The van der Waals surface area contributed by atoms with Crippen LogP contribution in [0, 0.1) is 0 Å². The summed E-state index contributed by atoms with van der Waals surface area (Å²) in [6, 6.07) is 77.9. The Morgan fingerprint density at radius 1 is 0.327 bits per heavy atom. The van der Waals surface area contributed by atoms with Crippen LogP contribution in [-0.2, 0) is 5.41 Å². The number of hydrogen-bond acceptors (Lipinski definition) is 1. The van der Waals surface area contributed by atoms with E-state index in [1.165, 1.54) is 66.1 Å². The number of rotatable bonds is 6. The third-order valence-electron chi connectivity index (χ3n) is 10.9. The summed E-state index contributed by atoms with van der Waals surface area (Å²) in [6.07, 6.45) is 0. The van der Waals surface area contributed by atoms with E-state index in [1.54, 1.807) is 0 Å². The van der Waals surface area contributed by atoms with Crippen LogP contribution in [0.15, 0.2) is 212 Å². The Hall–Kier alpha value is -6.70. The molecule has 0 fully saturated rings. The van der Waals surface area contributed by atoms with Crippen molar-refractivity contribution >= 4 is 38.6 Å². The SMILES string of the molecule is c1ccc(-c2cccc(N(c3ccc4c(c3)C(c3ccccc3)(c3ccccc3)c3ccccc3-4)c3cc4ccccc4c4ccccc34)c2)cc1. The van der Waals surface area contributed by atoms with Gasteiger partial charge in [0, 0.05) is 16.8 Å². The quantitative estimate of drug-likeness (QED) is 0.160. The van der Waals surface area contributed by atoms with Gasteiger partial charge in [0.15, 0.2) is 0 Å². The van der Waals surface area contributed by atoms with E-state index in [1.807, 2.05) is 0 Å². The van der Waals surface area contributed by atoms with Crippen molar-refractivity contribution in [3.05, 3.63) is 235 Å². The zero-order valence-corrected chi connectivity index (χ0v) is 28.7. The number of benzene rings is 9. The van der Waals surface area contributed by atoms with Crippen LogP contribution in [-0.4, -0.2) is 0 Å². The van der Waals surface area contributed by atoms with E-state index in [9.17, 15) is 0 Å². The van der Waals surface area contributed by atoms with Crippen molar-refractivity contribution < 1.29 is 0 Å². The molecule has 1 aliphatic rings. The lowest BCUT2D eigenvalue weighted by Gasteiger charge is -2.35. The van der Waals surface area contributed by atoms with E-state index in [2.05, 4.69) is 217 Å². The second-order valence-corrected chi connectivity index (χ2v) is 13.7. The molecule has 0 atom stereocenters. The standard InChI is InChI=1S/C51H35N/c1-4-17-36(18-5-1)37-20-16-25-41(33-37)52(50-34-38-19-10-11-26-43(38)44-27-12-13-29-47(44)50)42-31-32-46-45-28-14-15-30-48(45)51(49(46)35-42,39-21-6-2-7-22-39)40-23-8-3-9-24-40/h1-35H. The third kappa shape index (κ3) is 4.63. The Morgan fingerprint density at radius 2 is 0.885 bits per heavy atom. The maximum absolute atomic E-state index is 2.48. The first kappa shape index (κ1) is 30.2. The summed E-state index contributed by atoms with van der Waals surface area (Å²) in [5.74, 6) is 0. The predicted octanol–water partition coefficient (Wildman–Crippen LogP) is 13.5. The minimum Gasteiger partial charge on any atom is -0.310 e. The molecule has 0 saturated heterocycles. The van der Waals surface area contributed by atoms with Gasteiger partial charge in [-0.3, -0.25) is 0 Å². The minimum absolute atomic E-state index is 0.493. The molecule has 0 radical (unpaired) electrons. The molecule has 10 rings (SSSR count). The van der Waals surface area contributed by atoms with Gasteiger partial charge in [-0.2, -0.15) is 0 Å². The largest absolute Gasteiger partial charge is 0.310 e. The molecule has 52 heavy (non-hydrogen) atoms. The first-order valence-electron chi connectivity index (χ1n) is 18.0. The van der Waals surface area contributed by atoms with Gasteiger partial charge in [0.25, 0.3) is 0 Å². The number of hydrogen-bond donors (Lipinski definition) is 0. The fourth-order valence-electron chi connectivity index (χ4n) is 8.67. The molecule has 0 aliphatic heterocycles. The van der Waals surface area contributed by atoms with Gasteiger partial charge in [0.05, 0.1) is 11.1 Å². The lowest BCUT2D eigenvalue weighted by molar-refractivity contribution is 0.768. The Labute approximate surface area is 304 Å². The molecule has 0 unspecified atom stereocenters. The van der Waals surface area contributed by atoms with Crippen molar-refractivity contribution in [2.24, 2.45) is 0 Å². The maximum Gasteiger partial charge on any atom is 0.0714 e. The molecular formula is C51H35N. The van der Waals surface area contributed by atoms with Crippen LogP contribution in [0.5, 0.6) is 0 Å². The number of nitrogens with zero attached hydrogens (tertiary/aromatic N) is 1. The van der Waals surface area contributed by atoms with Crippen LogP contribution in [0.25, 0.3) is 43.8 Å². The van der Waals surface area contributed by atoms with Gasteiger partial charge in [0.2, 0.25) is 0 Å². The van der Waals surface area contributed by atoms with Gasteiger partial charge < -0.3 is 4.90 Å². The fraction of sp³-hybridized carbons (Fsp3) is 0.0196. The van der Waals surface area contributed by atoms with Gasteiger partial charge >= 0.3 is 0 Å². The Balaban J connectivity index is 1.29. The van der Waals surface area contributed by atoms with Gasteiger partial charge in [-0.25, -0.2) is 0 Å². The highest BCUT2D eigenvalue weighted by atomic mass is 15.1. The zero-order valence-electron chi connectivity index (χ0n) is 28.7. The molecule has 1 nitrogen and oxygen atoms in total. The lowest BCUT2D eigenvalue weighted by atomic mass is 9.67. The lowest BCUT2D eigenvalue weighted by Crippen LogP contribution is -2.28. The molecule has 1 heteroatoms. The first-order valence-corrected chi connectivity index (χ1v) is 18.0. The van der Waals surface area contributed by atoms with Crippen LogP contribution in [0.4, 0.5) is 17.1 Å². The molecule has 0 saturated carbocycles. The molecule has 9 aromatic carbocycles. The fourth-order valence-corrected chi connectivity index (χ4v) is 8.67. The van der Waals surface area contributed by atoms with Gasteiger partial charge in [-0.05, 0) is 91.0 Å². The third-order valence-corrected chi connectivity index (χ3v) is 10.9. The van der Waals surface area contributed by atoms with E-state index in [0.717, 1.165) is 17.1 Å². The van der Waals surface area contributed by atoms with Gasteiger partial charge in [0.1, 0.15) is 0 Å². The van der Waals surface area contributed by atoms with Crippen molar-refractivity contribution in [2.75, 3.05) is 4.90 Å². The van der Waals surface area contributed by atoms with Crippen molar-refractivity contribution in [1.29, 1.82) is 0 Å². The van der Waals surface area contributed by atoms with E-state index >= 15 is 0 Å². The van der Waals surface area contributed by atoms with Gasteiger partial charge in [-0.1, -0.05) is 182 Å². The Bertz CT molecular complexity index is 2690. The highest BCUT2D eigenvalue weighted by Crippen LogP contribution is 2.57. The zero-order chi connectivity index (χ0) is 34.5. The van der Waals surface area contributed by atoms with E-state index in [4.69, 9.17) is 0 Å². The first-order chi connectivity index (χ1) is 25.8. The molecule has 9 aromatic rings. The normalized spacial score (nSPS) is 12.8. The van der Waals surface area contributed by atoms with Crippen molar-refractivity contribution in [3.8, 4) is 22.3 Å². The molecular weight excluding hydrogens is 627 g/mol. The van der Waals surface area contributed by atoms with E-state index in [0.29, 0.717) is 0 Å². The predicted molar refractivity (Wildman–Crippen MR) is 219 cm³/mol. The highest BCUT2D eigenvalue weighted by Gasteiger charge is 2.46.